The van der Waals surface area contributed by atoms with Crippen molar-refractivity contribution in [3.8, 4) is 0 Å². The van der Waals surface area contributed by atoms with Gasteiger partial charge in [-0.3, -0.25) is 9.78 Å². The van der Waals surface area contributed by atoms with Crippen LogP contribution >= 0.6 is 0 Å². The van der Waals surface area contributed by atoms with Crippen molar-refractivity contribution < 1.29 is 4.79 Å². The van der Waals surface area contributed by atoms with Gasteiger partial charge in [-0.25, -0.2) is 5.01 Å². The van der Waals surface area contributed by atoms with Gasteiger partial charge in [-0.15, -0.1) is 0 Å². The first-order valence-electron chi connectivity index (χ1n) is 5.50. The third-order valence-corrected chi connectivity index (χ3v) is 2.82. The maximum Gasteiger partial charge on any atom is 0.248 e. The fraction of sp³-hybridized carbons (Fsp3) is 0.417. The molecule has 0 saturated heterocycles. The number of rotatable bonds is 3. The SMILES string of the molecule is CCC1=NN(C(C)c2ccncc2)C(=O)C1. The van der Waals surface area contributed by atoms with E-state index in [-0.39, 0.29) is 11.9 Å². The summed E-state index contributed by atoms with van der Waals surface area (Å²) in [4.78, 5) is 15.7. The Balaban J connectivity index is 2.20. The van der Waals surface area contributed by atoms with Crippen molar-refractivity contribution in [3.63, 3.8) is 0 Å². The second kappa shape index (κ2) is 4.43. The highest BCUT2D eigenvalue weighted by Crippen LogP contribution is 2.24. The third-order valence-electron chi connectivity index (χ3n) is 2.82. The molecule has 0 saturated carbocycles. The van der Waals surface area contributed by atoms with E-state index in [1.165, 1.54) is 0 Å². The number of nitrogens with zero attached hydrogens (tertiary/aromatic N) is 3. The molecule has 0 aliphatic carbocycles. The topological polar surface area (TPSA) is 45.6 Å². The number of aromatic nitrogens is 1. The van der Waals surface area contributed by atoms with Crippen molar-refractivity contribution in [2.75, 3.05) is 0 Å². The van der Waals surface area contributed by atoms with E-state index in [0.717, 1.165) is 17.7 Å². The molecule has 2 rings (SSSR count). The van der Waals surface area contributed by atoms with E-state index in [1.54, 1.807) is 17.4 Å². The molecule has 1 aliphatic rings. The summed E-state index contributed by atoms with van der Waals surface area (Å²) in [5, 5.41) is 5.92. The first-order chi connectivity index (χ1) is 7.72. The lowest BCUT2D eigenvalue weighted by Crippen LogP contribution is -2.24. The van der Waals surface area contributed by atoms with Gasteiger partial charge in [0.2, 0.25) is 5.91 Å². The Bertz CT molecular complexity index is 414. The monoisotopic (exact) mass is 217 g/mol. The summed E-state index contributed by atoms with van der Waals surface area (Å²) in [6.07, 6.45) is 4.77. The van der Waals surface area contributed by atoms with Crippen LogP contribution in [0.3, 0.4) is 0 Å². The van der Waals surface area contributed by atoms with Gasteiger partial charge in [-0.2, -0.15) is 5.10 Å². The Morgan fingerprint density at radius 1 is 1.44 bits per heavy atom. The molecule has 0 N–H and O–H groups in total. The van der Waals surface area contributed by atoms with Gasteiger partial charge < -0.3 is 0 Å². The zero-order valence-electron chi connectivity index (χ0n) is 9.55. The first kappa shape index (κ1) is 10.8. The molecule has 1 atom stereocenters. The summed E-state index contributed by atoms with van der Waals surface area (Å²) < 4.78 is 0. The minimum absolute atomic E-state index is 0.0143. The van der Waals surface area contributed by atoms with Gasteiger partial charge in [0, 0.05) is 18.1 Å². The first-order valence-corrected chi connectivity index (χ1v) is 5.50. The predicted octanol–water partition coefficient (Wildman–Crippen LogP) is 2.14. The highest BCUT2D eigenvalue weighted by Gasteiger charge is 2.27. The van der Waals surface area contributed by atoms with Gasteiger partial charge >= 0.3 is 0 Å². The van der Waals surface area contributed by atoms with Crippen LogP contribution in [0.25, 0.3) is 0 Å². The summed E-state index contributed by atoms with van der Waals surface area (Å²) in [5.41, 5.74) is 2.02. The summed E-state index contributed by atoms with van der Waals surface area (Å²) in [5.74, 6) is 0.0844. The van der Waals surface area contributed by atoms with Crippen molar-refractivity contribution in [1.82, 2.24) is 9.99 Å². The zero-order valence-corrected chi connectivity index (χ0v) is 9.55. The van der Waals surface area contributed by atoms with Crippen molar-refractivity contribution in [3.05, 3.63) is 30.1 Å². The Labute approximate surface area is 95.0 Å². The second-order valence-corrected chi connectivity index (χ2v) is 3.89. The molecule has 16 heavy (non-hydrogen) atoms. The molecule has 1 aromatic heterocycles. The molecule has 0 spiro atoms. The molecule has 0 fully saturated rings. The van der Waals surface area contributed by atoms with E-state index in [9.17, 15) is 4.79 Å². The third kappa shape index (κ3) is 1.96. The Morgan fingerprint density at radius 2 is 2.12 bits per heavy atom. The molecule has 1 unspecified atom stereocenters. The van der Waals surface area contributed by atoms with Gasteiger partial charge in [0.1, 0.15) is 0 Å². The van der Waals surface area contributed by atoms with E-state index in [2.05, 4.69) is 10.1 Å². The highest BCUT2D eigenvalue weighted by atomic mass is 16.2. The smallest absolute Gasteiger partial charge is 0.248 e. The van der Waals surface area contributed by atoms with Crippen LogP contribution in [0.15, 0.2) is 29.6 Å². The van der Waals surface area contributed by atoms with Crippen LogP contribution in [-0.2, 0) is 4.79 Å². The minimum Gasteiger partial charge on any atom is -0.273 e. The van der Waals surface area contributed by atoms with Crippen molar-refractivity contribution in [2.24, 2.45) is 5.10 Å². The number of hydrazone groups is 1. The fourth-order valence-electron chi connectivity index (χ4n) is 1.78. The number of hydrogen-bond acceptors (Lipinski definition) is 3. The maximum atomic E-state index is 11.8. The minimum atomic E-state index is -0.0143. The molecule has 1 amide bonds. The predicted molar refractivity (Wildman–Crippen MR) is 61.8 cm³/mol. The second-order valence-electron chi connectivity index (χ2n) is 3.89. The standard InChI is InChI=1S/C12H15N3O/c1-3-11-8-12(16)15(14-11)9(2)10-4-6-13-7-5-10/h4-7,9H,3,8H2,1-2H3. The highest BCUT2D eigenvalue weighted by molar-refractivity contribution is 6.04. The van der Waals surface area contributed by atoms with E-state index < -0.39 is 0 Å². The Morgan fingerprint density at radius 3 is 2.69 bits per heavy atom. The largest absolute Gasteiger partial charge is 0.273 e. The van der Waals surface area contributed by atoms with Crippen LogP contribution in [0.1, 0.15) is 38.3 Å². The lowest BCUT2D eigenvalue weighted by Gasteiger charge is -2.20. The van der Waals surface area contributed by atoms with Crippen LogP contribution in [0, 0.1) is 0 Å². The number of hydrogen-bond donors (Lipinski definition) is 0. The normalized spacial score (nSPS) is 17.5. The Kier molecular flexibility index (Phi) is 2.99. The number of pyridine rings is 1. The molecular formula is C12H15N3O. The molecule has 0 bridgehead atoms. The van der Waals surface area contributed by atoms with Crippen molar-refractivity contribution in [1.29, 1.82) is 0 Å². The van der Waals surface area contributed by atoms with E-state index in [4.69, 9.17) is 0 Å². The maximum absolute atomic E-state index is 11.8. The average molecular weight is 217 g/mol. The summed E-state index contributed by atoms with van der Waals surface area (Å²) in [6.45, 7) is 4.00. The van der Waals surface area contributed by atoms with Gasteiger partial charge in [0.15, 0.2) is 0 Å². The van der Waals surface area contributed by atoms with Crippen LogP contribution in [0.2, 0.25) is 0 Å². The van der Waals surface area contributed by atoms with Gasteiger partial charge in [-0.05, 0) is 31.0 Å². The molecule has 0 aromatic carbocycles. The zero-order chi connectivity index (χ0) is 11.5. The number of carbonyl (C=O) groups is 1. The lowest BCUT2D eigenvalue weighted by atomic mass is 10.1. The summed E-state index contributed by atoms with van der Waals surface area (Å²) in [6, 6.07) is 3.81. The van der Waals surface area contributed by atoms with E-state index in [0.29, 0.717) is 6.42 Å². The molecule has 2 heterocycles. The number of carbonyl (C=O) groups excluding carboxylic acids is 1. The van der Waals surface area contributed by atoms with Gasteiger partial charge in [-0.1, -0.05) is 6.92 Å². The quantitative estimate of drug-likeness (QED) is 0.778. The number of amides is 1. The van der Waals surface area contributed by atoms with Gasteiger partial charge in [0.05, 0.1) is 12.5 Å². The fourth-order valence-corrected chi connectivity index (χ4v) is 1.78. The lowest BCUT2D eigenvalue weighted by molar-refractivity contribution is -0.130. The van der Waals surface area contributed by atoms with E-state index >= 15 is 0 Å². The summed E-state index contributed by atoms with van der Waals surface area (Å²) in [7, 11) is 0. The molecule has 1 aliphatic heterocycles. The molecule has 84 valence electrons. The van der Waals surface area contributed by atoms with Crippen molar-refractivity contribution in [2.45, 2.75) is 32.7 Å². The molecule has 0 radical (unpaired) electrons. The van der Waals surface area contributed by atoms with Crippen LogP contribution in [0.4, 0.5) is 0 Å². The summed E-state index contributed by atoms with van der Waals surface area (Å²) >= 11 is 0. The molecule has 1 aromatic rings. The Hall–Kier alpha value is -1.71. The van der Waals surface area contributed by atoms with Gasteiger partial charge in [0.25, 0.3) is 0 Å². The van der Waals surface area contributed by atoms with Crippen LogP contribution in [-0.4, -0.2) is 21.6 Å². The van der Waals surface area contributed by atoms with Crippen molar-refractivity contribution >= 4 is 11.6 Å². The molecular weight excluding hydrogens is 202 g/mol. The van der Waals surface area contributed by atoms with Crippen LogP contribution < -0.4 is 0 Å². The van der Waals surface area contributed by atoms with E-state index in [1.807, 2.05) is 26.0 Å². The molecule has 4 nitrogen and oxygen atoms in total. The molecule has 4 heteroatoms. The van der Waals surface area contributed by atoms with Crippen LogP contribution in [0.5, 0.6) is 0 Å². The average Bonchev–Trinajstić information content (AvgIpc) is 2.71.